The molecular weight excluding hydrogens is 296 g/mol. The normalized spacial score (nSPS) is 10.3. The molecule has 0 unspecified atom stereocenters. The standard InChI is InChI=1S/C14H13ClN2O2S/c1-2-8-7-10(12(16)18)14(20-8)17-13(19)9-5-3-4-6-11(9)15/h3-7H,2H2,1H3,(H2,16,18)(H,17,19). The SMILES string of the molecule is CCc1cc(C(N)=O)c(NC(=O)c2ccccc2Cl)s1. The zero-order chi connectivity index (χ0) is 14.7. The van der Waals surface area contributed by atoms with Crippen molar-refractivity contribution in [2.24, 2.45) is 5.73 Å². The Bertz CT molecular complexity index is 667. The molecule has 0 aliphatic rings. The Balaban J connectivity index is 2.30. The van der Waals surface area contributed by atoms with Crippen molar-refractivity contribution in [3.8, 4) is 0 Å². The number of hydrogen-bond acceptors (Lipinski definition) is 3. The molecule has 3 N–H and O–H groups in total. The van der Waals surface area contributed by atoms with Crippen LogP contribution in [0, 0.1) is 0 Å². The maximum absolute atomic E-state index is 12.2. The number of carbonyl (C=O) groups is 2. The molecule has 104 valence electrons. The van der Waals surface area contributed by atoms with E-state index < -0.39 is 5.91 Å². The first kappa shape index (κ1) is 14.6. The molecule has 1 aromatic heterocycles. The van der Waals surface area contributed by atoms with Gasteiger partial charge >= 0.3 is 0 Å². The molecule has 0 radical (unpaired) electrons. The van der Waals surface area contributed by atoms with E-state index in [1.165, 1.54) is 11.3 Å². The van der Waals surface area contributed by atoms with Gasteiger partial charge in [0.25, 0.3) is 11.8 Å². The Morgan fingerprint density at radius 3 is 2.60 bits per heavy atom. The summed E-state index contributed by atoms with van der Waals surface area (Å²) in [7, 11) is 0. The fourth-order valence-corrected chi connectivity index (χ4v) is 2.93. The highest BCUT2D eigenvalue weighted by Crippen LogP contribution is 2.29. The summed E-state index contributed by atoms with van der Waals surface area (Å²) < 4.78 is 0. The maximum atomic E-state index is 12.2. The Morgan fingerprint density at radius 2 is 2.00 bits per heavy atom. The second-order valence-corrected chi connectivity index (χ2v) is 5.65. The van der Waals surface area contributed by atoms with E-state index in [0.717, 1.165) is 11.3 Å². The van der Waals surface area contributed by atoms with Gasteiger partial charge in [0.2, 0.25) is 0 Å². The minimum Gasteiger partial charge on any atom is -0.366 e. The lowest BCUT2D eigenvalue weighted by atomic mass is 10.2. The number of thiophene rings is 1. The number of rotatable bonds is 4. The Morgan fingerprint density at radius 1 is 1.30 bits per heavy atom. The van der Waals surface area contributed by atoms with E-state index in [-0.39, 0.29) is 5.91 Å². The smallest absolute Gasteiger partial charge is 0.257 e. The molecule has 20 heavy (non-hydrogen) atoms. The summed E-state index contributed by atoms with van der Waals surface area (Å²) in [4.78, 5) is 24.5. The third kappa shape index (κ3) is 3.00. The summed E-state index contributed by atoms with van der Waals surface area (Å²) in [5.74, 6) is -0.919. The summed E-state index contributed by atoms with van der Waals surface area (Å²) in [6.45, 7) is 1.97. The van der Waals surface area contributed by atoms with E-state index in [2.05, 4.69) is 5.32 Å². The van der Waals surface area contributed by atoms with Gasteiger partial charge < -0.3 is 11.1 Å². The van der Waals surface area contributed by atoms with Crippen LogP contribution in [0.25, 0.3) is 0 Å². The predicted molar refractivity (Wildman–Crippen MR) is 81.6 cm³/mol. The van der Waals surface area contributed by atoms with Gasteiger partial charge in [0.15, 0.2) is 0 Å². The first-order valence-electron chi connectivity index (χ1n) is 6.01. The van der Waals surface area contributed by atoms with Crippen molar-refractivity contribution in [3.05, 3.63) is 51.4 Å². The van der Waals surface area contributed by atoms with Crippen LogP contribution in [0.5, 0.6) is 0 Å². The summed E-state index contributed by atoms with van der Waals surface area (Å²) in [6.07, 6.45) is 0.771. The van der Waals surface area contributed by atoms with Crippen LogP contribution >= 0.6 is 22.9 Å². The van der Waals surface area contributed by atoms with Crippen molar-refractivity contribution in [2.45, 2.75) is 13.3 Å². The van der Waals surface area contributed by atoms with Gasteiger partial charge in [-0.05, 0) is 24.6 Å². The maximum Gasteiger partial charge on any atom is 0.257 e. The molecule has 0 aliphatic heterocycles. The molecule has 0 aliphatic carbocycles. The fraction of sp³-hybridized carbons (Fsp3) is 0.143. The first-order valence-corrected chi connectivity index (χ1v) is 7.20. The molecule has 0 spiro atoms. The average molecular weight is 309 g/mol. The topological polar surface area (TPSA) is 72.2 Å². The molecule has 0 atom stereocenters. The van der Waals surface area contributed by atoms with Gasteiger partial charge in [-0.2, -0.15) is 0 Å². The van der Waals surface area contributed by atoms with E-state index in [1.807, 2.05) is 6.92 Å². The van der Waals surface area contributed by atoms with E-state index in [0.29, 0.717) is 21.2 Å². The van der Waals surface area contributed by atoms with Crippen molar-refractivity contribution in [1.82, 2.24) is 0 Å². The van der Waals surface area contributed by atoms with Crippen LogP contribution in [0.4, 0.5) is 5.00 Å². The molecule has 1 heterocycles. The molecule has 1 aromatic carbocycles. The highest BCUT2D eigenvalue weighted by atomic mass is 35.5. The number of hydrogen-bond donors (Lipinski definition) is 2. The molecule has 0 fully saturated rings. The molecule has 2 amide bonds. The molecule has 0 bridgehead atoms. The zero-order valence-electron chi connectivity index (χ0n) is 10.8. The Labute approximate surface area is 125 Å². The summed E-state index contributed by atoms with van der Waals surface area (Å²) in [6, 6.07) is 8.43. The van der Waals surface area contributed by atoms with Crippen LogP contribution in [0.1, 0.15) is 32.5 Å². The van der Waals surface area contributed by atoms with Gasteiger partial charge in [-0.3, -0.25) is 9.59 Å². The van der Waals surface area contributed by atoms with Crippen LogP contribution in [0.3, 0.4) is 0 Å². The highest BCUT2D eigenvalue weighted by Gasteiger charge is 2.17. The molecule has 2 aromatic rings. The van der Waals surface area contributed by atoms with Crippen molar-refractivity contribution >= 4 is 39.8 Å². The first-order chi connectivity index (χ1) is 9.52. The minimum absolute atomic E-state index is 0.326. The van der Waals surface area contributed by atoms with Gasteiger partial charge in [-0.15, -0.1) is 11.3 Å². The lowest BCUT2D eigenvalue weighted by Gasteiger charge is -2.05. The summed E-state index contributed by atoms with van der Waals surface area (Å²) in [5.41, 5.74) is 6.00. The molecule has 4 nitrogen and oxygen atoms in total. The minimum atomic E-state index is -0.560. The molecule has 6 heteroatoms. The Kier molecular flexibility index (Phi) is 4.42. The lowest BCUT2D eigenvalue weighted by Crippen LogP contribution is -2.16. The van der Waals surface area contributed by atoms with Crippen molar-refractivity contribution < 1.29 is 9.59 Å². The second-order valence-electron chi connectivity index (χ2n) is 4.11. The van der Waals surface area contributed by atoms with E-state index in [4.69, 9.17) is 17.3 Å². The largest absolute Gasteiger partial charge is 0.366 e. The number of amides is 2. The highest BCUT2D eigenvalue weighted by molar-refractivity contribution is 7.16. The summed E-state index contributed by atoms with van der Waals surface area (Å²) >= 11 is 7.31. The second kappa shape index (κ2) is 6.07. The number of benzene rings is 1. The van der Waals surface area contributed by atoms with Crippen LogP contribution in [-0.2, 0) is 6.42 Å². The van der Waals surface area contributed by atoms with Crippen LogP contribution in [0.2, 0.25) is 5.02 Å². The van der Waals surface area contributed by atoms with Gasteiger partial charge in [0, 0.05) is 4.88 Å². The number of halogens is 1. The van der Waals surface area contributed by atoms with Crippen LogP contribution in [0.15, 0.2) is 30.3 Å². The quantitative estimate of drug-likeness (QED) is 0.909. The number of carbonyl (C=O) groups excluding carboxylic acids is 2. The van der Waals surface area contributed by atoms with Crippen LogP contribution < -0.4 is 11.1 Å². The predicted octanol–water partition coefficient (Wildman–Crippen LogP) is 3.32. The van der Waals surface area contributed by atoms with Crippen molar-refractivity contribution in [2.75, 3.05) is 5.32 Å². The van der Waals surface area contributed by atoms with Crippen LogP contribution in [-0.4, -0.2) is 11.8 Å². The van der Waals surface area contributed by atoms with E-state index >= 15 is 0 Å². The monoisotopic (exact) mass is 308 g/mol. The third-order valence-electron chi connectivity index (χ3n) is 2.74. The van der Waals surface area contributed by atoms with E-state index in [9.17, 15) is 9.59 Å². The molecule has 0 saturated carbocycles. The zero-order valence-corrected chi connectivity index (χ0v) is 12.3. The number of aryl methyl sites for hydroxylation is 1. The number of nitrogens with two attached hydrogens (primary N) is 1. The van der Waals surface area contributed by atoms with Gasteiger partial charge in [0.05, 0.1) is 16.1 Å². The third-order valence-corrected chi connectivity index (χ3v) is 4.27. The molecular formula is C14H13ClN2O2S. The Hall–Kier alpha value is -1.85. The average Bonchev–Trinajstić information content (AvgIpc) is 2.82. The molecule has 0 saturated heterocycles. The lowest BCUT2D eigenvalue weighted by molar-refractivity contribution is 0.100. The summed E-state index contributed by atoms with van der Waals surface area (Å²) in [5, 5.41) is 3.51. The molecule has 2 rings (SSSR count). The number of anilines is 1. The number of primary amides is 1. The van der Waals surface area contributed by atoms with Crippen molar-refractivity contribution in [1.29, 1.82) is 0 Å². The van der Waals surface area contributed by atoms with E-state index in [1.54, 1.807) is 30.3 Å². The van der Waals surface area contributed by atoms with Gasteiger partial charge in [0.1, 0.15) is 5.00 Å². The fourth-order valence-electron chi connectivity index (χ4n) is 1.71. The van der Waals surface area contributed by atoms with Crippen molar-refractivity contribution in [3.63, 3.8) is 0 Å². The van der Waals surface area contributed by atoms with Gasteiger partial charge in [-0.1, -0.05) is 30.7 Å². The van der Waals surface area contributed by atoms with Gasteiger partial charge in [-0.25, -0.2) is 0 Å². The number of nitrogens with one attached hydrogen (secondary N) is 1.